The minimum Gasteiger partial charge on any atom is -0.507 e. The van der Waals surface area contributed by atoms with E-state index < -0.39 is 17.7 Å². The number of aliphatic hydroxyl groups is 1. The molecule has 0 unspecified atom stereocenters. The fourth-order valence-electron chi connectivity index (χ4n) is 4.31. The lowest BCUT2D eigenvalue weighted by Crippen LogP contribution is -2.38. The number of ether oxygens (including phenoxy) is 2. The Morgan fingerprint density at radius 2 is 1.82 bits per heavy atom. The molecule has 0 radical (unpaired) electrons. The van der Waals surface area contributed by atoms with Crippen molar-refractivity contribution in [2.75, 3.05) is 46.0 Å². The van der Waals surface area contributed by atoms with Crippen molar-refractivity contribution in [2.24, 2.45) is 0 Å². The summed E-state index contributed by atoms with van der Waals surface area (Å²) in [7, 11) is 0. The number of morpholine rings is 1. The first kappa shape index (κ1) is 23.7. The van der Waals surface area contributed by atoms with Crippen LogP contribution in [0.2, 0.25) is 0 Å². The summed E-state index contributed by atoms with van der Waals surface area (Å²) in [4.78, 5) is 34.1. The predicted molar refractivity (Wildman–Crippen MR) is 127 cm³/mol. The van der Waals surface area contributed by atoms with Crippen molar-refractivity contribution in [3.8, 4) is 5.75 Å². The number of aromatic nitrogens is 1. The van der Waals surface area contributed by atoms with Gasteiger partial charge in [0.15, 0.2) is 0 Å². The number of nitrogens with zero attached hydrogens (tertiary/aromatic N) is 3. The normalized spacial score (nSPS) is 20.5. The van der Waals surface area contributed by atoms with Gasteiger partial charge in [-0.05, 0) is 48.4 Å². The van der Waals surface area contributed by atoms with Gasteiger partial charge in [-0.25, -0.2) is 0 Å². The van der Waals surface area contributed by atoms with Crippen LogP contribution in [0.15, 0.2) is 67.0 Å². The number of pyridine rings is 1. The molecule has 2 aliphatic rings. The lowest BCUT2D eigenvalue weighted by Gasteiger charge is -2.29. The van der Waals surface area contributed by atoms with Crippen LogP contribution in [0.5, 0.6) is 5.75 Å². The first-order valence-electron chi connectivity index (χ1n) is 11.4. The number of aliphatic hydroxyl groups excluding tert-OH is 1. The van der Waals surface area contributed by atoms with E-state index in [4.69, 9.17) is 9.47 Å². The van der Waals surface area contributed by atoms with Crippen molar-refractivity contribution >= 4 is 17.4 Å². The number of hydrogen-bond donors (Lipinski definition) is 1. The molecule has 1 aromatic carbocycles. The standard InChI is InChI=1S/C26H29N3O5/c1-2-16-34-21-6-4-20(5-7-21)24(30)22-23(19-8-10-27-11-9-19)29(26(32)25(22)31)13-3-12-28-14-17-33-18-15-28/h2,4-11,23,30H,1,3,12-18H2/t23-/m0/s1. The lowest BCUT2D eigenvalue weighted by molar-refractivity contribution is -0.140. The molecule has 1 N–H and O–H groups in total. The van der Waals surface area contributed by atoms with Crippen LogP contribution >= 0.6 is 0 Å². The van der Waals surface area contributed by atoms with Crippen molar-refractivity contribution in [3.05, 3.63) is 78.1 Å². The van der Waals surface area contributed by atoms with Gasteiger partial charge in [-0.2, -0.15) is 0 Å². The Hall–Kier alpha value is -3.49. The second kappa shape index (κ2) is 11.1. The monoisotopic (exact) mass is 463 g/mol. The van der Waals surface area contributed by atoms with Crippen LogP contribution in [0.4, 0.5) is 0 Å². The number of Topliss-reactive ketones (excluding diaryl/α,β-unsaturated/α-hetero) is 1. The summed E-state index contributed by atoms with van der Waals surface area (Å²) in [5.74, 6) is -0.870. The van der Waals surface area contributed by atoms with E-state index in [2.05, 4.69) is 16.5 Å². The van der Waals surface area contributed by atoms with Crippen molar-refractivity contribution in [1.82, 2.24) is 14.8 Å². The molecular weight excluding hydrogens is 434 g/mol. The zero-order chi connectivity index (χ0) is 23.9. The summed E-state index contributed by atoms with van der Waals surface area (Å²) in [6.07, 6.45) is 5.59. The molecule has 2 aliphatic heterocycles. The minimum atomic E-state index is -0.683. The fraction of sp³-hybridized carbons (Fsp3) is 0.346. The van der Waals surface area contributed by atoms with E-state index in [0.29, 0.717) is 44.1 Å². The third-order valence-electron chi connectivity index (χ3n) is 6.03. The van der Waals surface area contributed by atoms with Gasteiger partial charge in [-0.15, -0.1) is 0 Å². The summed E-state index contributed by atoms with van der Waals surface area (Å²) in [6.45, 7) is 8.33. The van der Waals surface area contributed by atoms with Gasteiger partial charge in [0.05, 0.1) is 24.8 Å². The SMILES string of the molecule is C=CCOc1ccc(C(O)=C2C(=O)C(=O)N(CCCN3CCOCC3)[C@H]2c2ccncc2)cc1. The number of carbonyl (C=O) groups is 2. The highest BCUT2D eigenvalue weighted by Gasteiger charge is 2.45. The number of ketones is 1. The van der Waals surface area contributed by atoms with E-state index in [1.165, 1.54) is 0 Å². The van der Waals surface area contributed by atoms with Gasteiger partial charge < -0.3 is 19.5 Å². The van der Waals surface area contributed by atoms with Crippen molar-refractivity contribution in [2.45, 2.75) is 12.5 Å². The Bertz CT molecular complexity index is 1050. The number of likely N-dealkylation sites (tertiary alicyclic amines) is 1. The van der Waals surface area contributed by atoms with Gasteiger partial charge >= 0.3 is 0 Å². The summed E-state index contributed by atoms with van der Waals surface area (Å²) < 4.78 is 10.9. The quantitative estimate of drug-likeness (QED) is 0.265. The smallest absolute Gasteiger partial charge is 0.295 e. The van der Waals surface area contributed by atoms with Crippen molar-refractivity contribution in [3.63, 3.8) is 0 Å². The second-order valence-corrected chi connectivity index (χ2v) is 8.20. The van der Waals surface area contributed by atoms with Gasteiger partial charge in [0.1, 0.15) is 18.1 Å². The van der Waals surface area contributed by atoms with Gasteiger partial charge in [0.25, 0.3) is 11.7 Å². The highest BCUT2D eigenvalue weighted by atomic mass is 16.5. The Morgan fingerprint density at radius 1 is 1.12 bits per heavy atom. The van der Waals surface area contributed by atoms with E-state index in [9.17, 15) is 14.7 Å². The molecule has 3 heterocycles. The maximum absolute atomic E-state index is 13.1. The van der Waals surface area contributed by atoms with Gasteiger partial charge in [0.2, 0.25) is 0 Å². The van der Waals surface area contributed by atoms with E-state index in [-0.39, 0.29) is 11.3 Å². The molecule has 2 aromatic rings. The highest BCUT2D eigenvalue weighted by Crippen LogP contribution is 2.39. The summed E-state index contributed by atoms with van der Waals surface area (Å²) in [5.41, 5.74) is 1.26. The zero-order valence-corrected chi connectivity index (χ0v) is 19.1. The first-order chi connectivity index (χ1) is 16.6. The average molecular weight is 464 g/mol. The van der Waals surface area contributed by atoms with Crippen LogP contribution in [0, 0.1) is 0 Å². The third kappa shape index (κ3) is 5.18. The van der Waals surface area contributed by atoms with Gasteiger partial charge in [-0.3, -0.25) is 19.5 Å². The largest absolute Gasteiger partial charge is 0.507 e. The van der Waals surface area contributed by atoms with Crippen molar-refractivity contribution < 1.29 is 24.2 Å². The Labute approximate surface area is 199 Å². The Balaban J connectivity index is 1.61. The van der Waals surface area contributed by atoms with Gasteiger partial charge in [0, 0.05) is 44.1 Å². The molecule has 2 fully saturated rings. The number of rotatable bonds is 9. The molecule has 34 heavy (non-hydrogen) atoms. The number of amides is 1. The maximum Gasteiger partial charge on any atom is 0.295 e. The van der Waals surface area contributed by atoms with Crippen LogP contribution in [0.25, 0.3) is 5.76 Å². The molecule has 1 atom stereocenters. The summed E-state index contributed by atoms with van der Waals surface area (Å²) in [5, 5.41) is 11.1. The second-order valence-electron chi connectivity index (χ2n) is 8.20. The molecule has 1 aromatic heterocycles. The molecule has 178 valence electrons. The highest BCUT2D eigenvalue weighted by molar-refractivity contribution is 6.46. The predicted octanol–water partition coefficient (Wildman–Crippen LogP) is 2.79. The van der Waals surface area contributed by atoms with Crippen LogP contribution in [-0.2, 0) is 14.3 Å². The molecule has 0 saturated carbocycles. The molecule has 8 heteroatoms. The Kier molecular flexibility index (Phi) is 7.72. The van der Waals surface area contributed by atoms with E-state index in [0.717, 1.165) is 25.2 Å². The van der Waals surface area contributed by atoms with Crippen LogP contribution < -0.4 is 4.74 Å². The average Bonchev–Trinajstić information content (AvgIpc) is 3.13. The van der Waals surface area contributed by atoms with Crippen LogP contribution in [0.3, 0.4) is 0 Å². The molecule has 0 spiro atoms. The van der Waals surface area contributed by atoms with E-state index >= 15 is 0 Å². The molecule has 0 aliphatic carbocycles. The van der Waals surface area contributed by atoms with Gasteiger partial charge in [-0.1, -0.05) is 12.7 Å². The number of benzene rings is 1. The topological polar surface area (TPSA) is 92.2 Å². The van der Waals surface area contributed by atoms with Crippen molar-refractivity contribution in [1.29, 1.82) is 0 Å². The van der Waals surface area contributed by atoms with E-state index in [1.54, 1.807) is 59.8 Å². The number of hydrogen-bond acceptors (Lipinski definition) is 7. The molecular formula is C26H29N3O5. The Morgan fingerprint density at radius 3 is 2.50 bits per heavy atom. The molecule has 0 bridgehead atoms. The molecule has 8 nitrogen and oxygen atoms in total. The first-order valence-corrected chi connectivity index (χ1v) is 11.4. The molecule has 4 rings (SSSR count). The minimum absolute atomic E-state index is 0.0855. The molecule has 1 amide bonds. The zero-order valence-electron chi connectivity index (χ0n) is 19.1. The summed E-state index contributed by atoms with van der Waals surface area (Å²) >= 11 is 0. The third-order valence-corrected chi connectivity index (χ3v) is 6.03. The van der Waals surface area contributed by atoms with Crippen LogP contribution in [0.1, 0.15) is 23.6 Å². The molecule has 2 saturated heterocycles. The maximum atomic E-state index is 13.1. The fourth-order valence-corrected chi connectivity index (χ4v) is 4.31. The lowest BCUT2D eigenvalue weighted by atomic mass is 9.96. The number of carbonyl (C=O) groups excluding carboxylic acids is 2. The summed E-state index contributed by atoms with van der Waals surface area (Å²) in [6, 6.07) is 9.61. The van der Waals surface area contributed by atoms with Crippen LogP contribution in [-0.4, -0.2) is 77.6 Å². The van der Waals surface area contributed by atoms with E-state index in [1.807, 2.05) is 0 Å².